The van der Waals surface area contributed by atoms with Crippen LogP contribution in [0.2, 0.25) is 0 Å². The molecule has 18 heavy (non-hydrogen) atoms. The largest absolute Gasteiger partial charge is 0.357 e. The Labute approximate surface area is 129 Å². The summed E-state index contributed by atoms with van der Waals surface area (Å²) < 4.78 is 0. The van der Waals surface area contributed by atoms with Gasteiger partial charge in [-0.2, -0.15) is 0 Å². The van der Waals surface area contributed by atoms with Gasteiger partial charge in [0.15, 0.2) is 5.96 Å². The first kappa shape index (κ1) is 19.9. The summed E-state index contributed by atoms with van der Waals surface area (Å²) >= 11 is 0. The van der Waals surface area contributed by atoms with Crippen LogP contribution in [0.15, 0.2) is 4.99 Å². The first-order chi connectivity index (χ1) is 8.28. The highest BCUT2D eigenvalue weighted by atomic mass is 127. The summed E-state index contributed by atoms with van der Waals surface area (Å²) in [6, 6.07) is 0. The fourth-order valence-corrected chi connectivity index (χ4v) is 1.52. The second-order valence-electron chi connectivity index (χ2n) is 3.75. The Morgan fingerprint density at radius 2 is 1.94 bits per heavy atom. The van der Waals surface area contributed by atoms with Gasteiger partial charge in [-0.3, -0.25) is 4.99 Å². The number of halogens is 1. The number of terminal acetylenes is 1. The molecule has 0 aromatic carbocycles. The van der Waals surface area contributed by atoms with Crippen LogP contribution in [0.3, 0.4) is 0 Å². The summed E-state index contributed by atoms with van der Waals surface area (Å²) in [5.41, 5.74) is 0. The molecular weight excluding hydrogens is 339 g/mol. The van der Waals surface area contributed by atoms with Crippen LogP contribution in [-0.2, 0) is 0 Å². The molecule has 0 fully saturated rings. The summed E-state index contributed by atoms with van der Waals surface area (Å²) in [6.07, 6.45) is 6.39. The Kier molecular flexibility index (Phi) is 16.1. The van der Waals surface area contributed by atoms with Crippen molar-refractivity contribution in [1.29, 1.82) is 0 Å². The van der Waals surface area contributed by atoms with Crippen LogP contribution in [0.1, 0.15) is 27.2 Å². The fraction of sp³-hybridized carbons (Fsp3) is 0.769. The van der Waals surface area contributed by atoms with Crippen molar-refractivity contribution in [2.45, 2.75) is 27.2 Å². The van der Waals surface area contributed by atoms with Crippen molar-refractivity contribution in [2.24, 2.45) is 4.99 Å². The molecule has 5 heteroatoms. The van der Waals surface area contributed by atoms with Gasteiger partial charge < -0.3 is 15.5 Å². The molecule has 0 bridgehead atoms. The van der Waals surface area contributed by atoms with Crippen LogP contribution in [-0.4, -0.2) is 50.1 Å². The molecule has 0 aliphatic carbocycles. The van der Waals surface area contributed by atoms with E-state index < -0.39 is 0 Å². The van der Waals surface area contributed by atoms with Crippen LogP contribution in [0.5, 0.6) is 0 Å². The van der Waals surface area contributed by atoms with E-state index in [0.717, 1.165) is 38.7 Å². The van der Waals surface area contributed by atoms with E-state index in [0.29, 0.717) is 6.54 Å². The van der Waals surface area contributed by atoms with E-state index >= 15 is 0 Å². The molecule has 0 unspecified atom stereocenters. The second kappa shape index (κ2) is 14.6. The molecule has 0 aliphatic heterocycles. The van der Waals surface area contributed by atoms with Gasteiger partial charge in [0.05, 0.1) is 13.1 Å². The molecular formula is C13H27IN4. The van der Waals surface area contributed by atoms with Gasteiger partial charge in [-0.15, -0.1) is 30.4 Å². The van der Waals surface area contributed by atoms with Gasteiger partial charge in [-0.1, -0.05) is 19.8 Å². The van der Waals surface area contributed by atoms with Gasteiger partial charge >= 0.3 is 0 Å². The molecule has 0 radical (unpaired) electrons. The number of nitrogens with zero attached hydrogens (tertiary/aromatic N) is 2. The average Bonchev–Trinajstić information content (AvgIpc) is 2.34. The van der Waals surface area contributed by atoms with Crippen molar-refractivity contribution in [3.63, 3.8) is 0 Å². The number of aliphatic imine (C=N–C) groups is 1. The minimum absolute atomic E-state index is 0. The highest BCUT2D eigenvalue weighted by Crippen LogP contribution is 1.90. The molecule has 0 amide bonds. The Balaban J connectivity index is 0. The van der Waals surface area contributed by atoms with Gasteiger partial charge in [-0.05, 0) is 26.4 Å². The van der Waals surface area contributed by atoms with Crippen molar-refractivity contribution in [3.05, 3.63) is 0 Å². The van der Waals surface area contributed by atoms with Crippen LogP contribution >= 0.6 is 24.0 Å². The lowest BCUT2D eigenvalue weighted by atomic mass is 10.4. The molecule has 0 atom stereocenters. The molecule has 0 saturated heterocycles. The van der Waals surface area contributed by atoms with E-state index in [4.69, 9.17) is 6.42 Å². The van der Waals surface area contributed by atoms with Crippen LogP contribution in [0.25, 0.3) is 0 Å². The Bertz CT molecular complexity index is 248. The van der Waals surface area contributed by atoms with E-state index in [-0.39, 0.29) is 24.0 Å². The lowest BCUT2D eigenvalue weighted by Gasteiger charge is -2.18. The highest BCUT2D eigenvalue weighted by molar-refractivity contribution is 14.0. The molecule has 0 rings (SSSR count). The summed E-state index contributed by atoms with van der Waals surface area (Å²) in [6.45, 7) is 11.8. The zero-order valence-electron chi connectivity index (χ0n) is 11.8. The third-order valence-corrected chi connectivity index (χ3v) is 2.38. The standard InChI is InChI=1S/C13H26N4.HI/c1-5-9-15-13(14-7-3)16-10-12-17(8-4)11-6-2;/h1H,6-12H2,2-4H3,(H2,14,15,16);1H. The number of nitrogens with one attached hydrogen (secondary N) is 2. The maximum atomic E-state index is 5.21. The van der Waals surface area contributed by atoms with Gasteiger partial charge in [-0.25, -0.2) is 0 Å². The second-order valence-corrected chi connectivity index (χ2v) is 3.75. The molecule has 0 heterocycles. The fourth-order valence-electron chi connectivity index (χ4n) is 1.52. The predicted octanol–water partition coefficient (Wildman–Crippen LogP) is 1.52. The zero-order chi connectivity index (χ0) is 12.9. The van der Waals surface area contributed by atoms with Crippen molar-refractivity contribution < 1.29 is 0 Å². The van der Waals surface area contributed by atoms with Gasteiger partial charge in [0, 0.05) is 13.1 Å². The third-order valence-electron chi connectivity index (χ3n) is 2.38. The molecule has 4 nitrogen and oxygen atoms in total. The lowest BCUT2D eigenvalue weighted by molar-refractivity contribution is 0.297. The van der Waals surface area contributed by atoms with E-state index in [1.807, 2.05) is 6.92 Å². The van der Waals surface area contributed by atoms with Crippen molar-refractivity contribution in [1.82, 2.24) is 15.5 Å². The topological polar surface area (TPSA) is 39.7 Å². The molecule has 106 valence electrons. The van der Waals surface area contributed by atoms with E-state index in [2.05, 4.69) is 40.3 Å². The number of rotatable bonds is 8. The summed E-state index contributed by atoms with van der Waals surface area (Å²) in [4.78, 5) is 6.88. The molecule has 0 aromatic heterocycles. The smallest absolute Gasteiger partial charge is 0.192 e. The number of hydrogen-bond acceptors (Lipinski definition) is 2. The minimum atomic E-state index is 0. The molecule has 2 N–H and O–H groups in total. The predicted molar refractivity (Wildman–Crippen MR) is 90.6 cm³/mol. The quantitative estimate of drug-likeness (QED) is 0.296. The van der Waals surface area contributed by atoms with E-state index in [9.17, 15) is 0 Å². The summed E-state index contributed by atoms with van der Waals surface area (Å²) in [5, 5.41) is 6.24. The summed E-state index contributed by atoms with van der Waals surface area (Å²) in [7, 11) is 0. The molecule has 0 aromatic rings. The molecule has 0 aliphatic rings. The zero-order valence-corrected chi connectivity index (χ0v) is 14.2. The minimum Gasteiger partial charge on any atom is -0.357 e. The van der Waals surface area contributed by atoms with Crippen molar-refractivity contribution >= 4 is 29.9 Å². The normalized spacial score (nSPS) is 10.7. The van der Waals surface area contributed by atoms with Crippen LogP contribution in [0.4, 0.5) is 0 Å². The van der Waals surface area contributed by atoms with Crippen LogP contribution in [0, 0.1) is 12.3 Å². The third kappa shape index (κ3) is 10.7. The van der Waals surface area contributed by atoms with Gasteiger partial charge in [0.1, 0.15) is 0 Å². The lowest BCUT2D eigenvalue weighted by Crippen LogP contribution is -2.38. The number of hydrogen-bond donors (Lipinski definition) is 2. The SMILES string of the molecule is C#CCNC(=NCCN(CC)CCC)NCC.I. The first-order valence-corrected chi connectivity index (χ1v) is 6.46. The first-order valence-electron chi connectivity index (χ1n) is 6.46. The molecule has 0 saturated carbocycles. The Morgan fingerprint density at radius 3 is 2.44 bits per heavy atom. The van der Waals surface area contributed by atoms with Crippen LogP contribution < -0.4 is 10.6 Å². The van der Waals surface area contributed by atoms with E-state index in [1.54, 1.807) is 0 Å². The van der Waals surface area contributed by atoms with Gasteiger partial charge in [0.25, 0.3) is 0 Å². The maximum Gasteiger partial charge on any atom is 0.192 e. The Morgan fingerprint density at radius 1 is 1.22 bits per heavy atom. The molecule has 0 spiro atoms. The van der Waals surface area contributed by atoms with Crippen molar-refractivity contribution in [3.8, 4) is 12.3 Å². The number of guanidine groups is 1. The summed E-state index contributed by atoms with van der Waals surface area (Å²) in [5.74, 6) is 3.35. The monoisotopic (exact) mass is 366 g/mol. The van der Waals surface area contributed by atoms with Gasteiger partial charge in [0.2, 0.25) is 0 Å². The number of likely N-dealkylation sites (N-methyl/N-ethyl adjacent to an activating group) is 1. The Hall–Kier alpha value is -0.480. The highest BCUT2D eigenvalue weighted by Gasteiger charge is 2.00. The average molecular weight is 366 g/mol. The van der Waals surface area contributed by atoms with E-state index in [1.165, 1.54) is 6.42 Å². The van der Waals surface area contributed by atoms with Crippen molar-refractivity contribution in [2.75, 3.05) is 39.3 Å². The maximum absolute atomic E-state index is 5.21.